The largest absolute Gasteiger partial charge is 0.356 e. The van der Waals surface area contributed by atoms with Gasteiger partial charge in [-0.1, -0.05) is 25.1 Å². The first-order valence-electron chi connectivity index (χ1n) is 8.50. The van der Waals surface area contributed by atoms with Gasteiger partial charge in [-0.3, -0.25) is 9.59 Å². The minimum atomic E-state index is 0.0119. The molecule has 0 aromatic heterocycles. The third kappa shape index (κ3) is 3.71. The number of rotatable bonds is 4. The lowest BCUT2D eigenvalue weighted by atomic mass is 9.95. The van der Waals surface area contributed by atoms with Gasteiger partial charge in [-0.05, 0) is 37.3 Å². The van der Waals surface area contributed by atoms with E-state index in [2.05, 4.69) is 24.4 Å². The van der Waals surface area contributed by atoms with Crippen molar-refractivity contribution < 1.29 is 9.59 Å². The zero-order chi connectivity index (χ0) is 16.2. The Bertz CT molecular complexity index is 557. The van der Waals surface area contributed by atoms with Gasteiger partial charge >= 0.3 is 0 Å². The highest BCUT2D eigenvalue weighted by molar-refractivity contribution is 8.01. The predicted molar refractivity (Wildman–Crippen MR) is 92.4 cm³/mol. The number of hydrogen-bond acceptors (Lipinski definition) is 3. The molecule has 1 fully saturated rings. The third-order valence-corrected chi connectivity index (χ3v) is 5.95. The van der Waals surface area contributed by atoms with Gasteiger partial charge in [0.15, 0.2) is 0 Å². The number of nitrogens with zero attached hydrogens (tertiary/aromatic N) is 1. The first-order valence-corrected chi connectivity index (χ1v) is 9.38. The van der Waals surface area contributed by atoms with Crippen LogP contribution in [0.1, 0.15) is 31.7 Å². The van der Waals surface area contributed by atoms with Gasteiger partial charge in [-0.15, -0.1) is 11.8 Å². The molecular formula is C18H24N2O2S. The zero-order valence-corrected chi connectivity index (χ0v) is 14.4. The molecule has 23 heavy (non-hydrogen) atoms. The lowest BCUT2D eigenvalue weighted by Gasteiger charge is -2.32. The highest BCUT2D eigenvalue weighted by Gasteiger charge is 2.34. The molecule has 5 heteroatoms. The van der Waals surface area contributed by atoms with Crippen LogP contribution in [-0.4, -0.2) is 41.6 Å². The Hall–Kier alpha value is -1.49. The molecule has 0 bridgehead atoms. The van der Waals surface area contributed by atoms with Crippen molar-refractivity contribution >= 4 is 23.6 Å². The molecule has 1 unspecified atom stereocenters. The summed E-state index contributed by atoms with van der Waals surface area (Å²) < 4.78 is 0. The van der Waals surface area contributed by atoms with Crippen LogP contribution >= 0.6 is 11.8 Å². The van der Waals surface area contributed by atoms with Crippen LogP contribution in [0.4, 0.5) is 0 Å². The van der Waals surface area contributed by atoms with Gasteiger partial charge < -0.3 is 10.2 Å². The third-order valence-electron chi connectivity index (χ3n) is 4.65. The number of nitrogens with one attached hydrogen (secondary N) is 1. The van der Waals surface area contributed by atoms with E-state index in [1.54, 1.807) is 11.8 Å². The van der Waals surface area contributed by atoms with Crippen molar-refractivity contribution in [2.45, 2.75) is 42.8 Å². The van der Waals surface area contributed by atoms with Gasteiger partial charge in [-0.25, -0.2) is 0 Å². The molecule has 0 radical (unpaired) electrons. The SMILES string of the molecule is CCCNC(=O)C1CCN(C(=O)C2Cc3ccccc3S2)CC1. The van der Waals surface area contributed by atoms with E-state index in [4.69, 9.17) is 0 Å². The molecule has 0 spiro atoms. The molecule has 1 N–H and O–H groups in total. The van der Waals surface area contributed by atoms with Gasteiger partial charge in [0.2, 0.25) is 11.8 Å². The Morgan fingerprint density at radius 3 is 2.70 bits per heavy atom. The number of benzene rings is 1. The maximum Gasteiger partial charge on any atom is 0.236 e. The summed E-state index contributed by atoms with van der Waals surface area (Å²) in [5.41, 5.74) is 1.28. The van der Waals surface area contributed by atoms with E-state index < -0.39 is 0 Å². The Morgan fingerprint density at radius 1 is 1.26 bits per heavy atom. The Morgan fingerprint density at radius 2 is 2.00 bits per heavy atom. The van der Waals surface area contributed by atoms with Crippen LogP contribution in [0, 0.1) is 5.92 Å². The van der Waals surface area contributed by atoms with E-state index in [1.807, 2.05) is 17.0 Å². The Kier molecular flexibility index (Phi) is 5.26. The van der Waals surface area contributed by atoms with E-state index in [-0.39, 0.29) is 23.0 Å². The molecule has 3 rings (SSSR count). The zero-order valence-electron chi connectivity index (χ0n) is 13.6. The lowest BCUT2D eigenvalue weighted by molar-refractivity contribution is -0.135. The van der Waals surface area contributed by atoms with Crippen LogP contribution in [0.3, 0.4) is 0 Å². The lowest BCUT2D eigenvalue weighted by Crippen LogP contribution is -2.45. The summed E-state index contributed by atoms with van der Waals surface area (Å²) >= 11 is 1.69. The molecule has 2 aliphatic rings. The molecule has 2 aliphatic heterocycles. The van der Waals surface area contributed by atoms with Crippen molar-refractivity contribution in [1.29, 1.82) is 0 Å². The second-order valence-corrected chi connectivity index (χ2v) is 7.55. The van der Waals surface area contributed by atoms with E-state index in [0.717, 1.165) is 32.2 Å². The van der Waals surface area contributed by atoms with Gasteiger partial charge in [0.1, 0.15) is 0 Å². The summed E-state index contributed by atoms with van der Waals surface area (Å²) in [6, 6.07) is 8.27. The first-order chi connectivity index (χ1) is 11.2. The van der Waals surface area contributed by atoms with Gasteiger partial charge in [0, 0.05) is 30.4 Å². The van der Waals surface area contributed by atoms with E-state index in [1.165, 1.54) is 10.5 Å². The second kappa shape index (κ2) is 7.39. The van der Waals surface area contributed by atoms with E-state index >= 15 is 0 Å². The summed E-state index contributed by atoms with van der Waals surface area (Å²) in [6.45, 7) is 4.21. The van der Waals surface area contributed by atoms with Crippen molar-refractivity contribution in [3.05, 3.63) is 29.8 Å². The Labute approximate surface area is 142 Å². The summed E-state index contributed by atoms with van der Waals surface area (Å²) in [6.07, 6.45) is 3.36. The van der Waals surface area contributed by atoms with Crippen LogP contribution in [0.5, 0.6) is 0 Å². The topological polar surface area (TPSA) is 49.4 Å². The maximum absolute atomic E-state index is 12.7. The standard InChI is InChI=1S/C18H24N2O2S/c1-2-9-19-17(21)13-7-10-20(11-8-13)18(22)16-12-14-5-3-4-6-15(14)23-16/h3-6,13,16H,2,7-12H2,1H3,(H,19,21). The Balaban J connectivity index is 1.51. The molecular weight excluding hydrogens is 308 g/mol. The molecule has 1 aromatic rings. The summed E-state index contributed by atoms with van der Waals surface area (Å²) in [7, 11) is 0. The average molecular weight is 332 g/mol. The van der Waals surface area contributed by atoms with Crippen molar-refractivity contribution in [1.82, 2.24) is 10.2 Å². The minimum Gasteiger partial charge on any atom is -0.356 e. The smallest absolute Gasteiger partial charge is 0.236 e. The quantitative estimate of drug-likeness (QED) is 0.921. The summed E-state index contributed by atoms with van der Waals surface area (Å²) in [5, 5.41) is 2.98. The number of amides is 2. The average Bonchev–Trinajstić information content (AvgIpc) is 3.03. The molecule has 1 aromatic carbocycles. The molecule has 2 heterocycles. The van der Waals surface area contributed by atoms with Crippen molar-refractivity contribution in [3.63, 3.8) is 0 Å². The highest BCUT2D eigenvalue weighted by atomic mass is 32.2. The van der Waals surface area contributed by atoms with Gasteiger partial charge in [-0.2, -0.15) is 0 Å². The molecule has 1 saturated heterocycles. The monoisotopic (exact) mass is 332 g/mol. The number of carbonyl (C=O) groups excluding carboxylic acids is 2. The minimum absolute atomic E-state index is 0.0119. The first kappa shape index (κ1) is 16.4. The number of hydrogen-bond donors (Lipinski definition) is 1. The molecule has 124 valence electrons. The predicted octanol–water partition coefficient (Wildman–Crippen LogP) is 2.47. The molecule has 0 saturated carbocycles. The normalized spacial score (nSPS) is 21.1. The van der Waals surface area contributed by atoms with Crippen LogP contribution in [0.25, 0.3) is 0 Å². The van der Waals surface area contributed by atoms with E-state index in [0.29, 0.717) is 13.1 Å². The van der Waals surface area contributed by atoms with Crippen LogP contribution < -0.4 is 5.32 Å². The van der Waals surface area contributed by atoms with Crippen molar-refractivity contribution in [2.75, 3.05) is 19.6 Å². The number of thioether (sulfide) groups is 1. The number of likely N-dealkylation sites (tertiary alicyclic amines) is 1. The number of fused-ring (bicyclic) bond motifs is 1. The maximum atomic E-state index is 12.7. The molecule has 1 atom stereocenters. The van der Waals surface area contributed by atoms with Gasteiger partial charge in [0.05, 0.1) is 5.25 Å². The molecule has 4 nitrogen and oxygen atoms in total. The summed E-state index contributed by atoms with van der Waals surface area (Å²) in [5.74, 6) is 0.458. The highest BCUT2D eigenvalue weighted by Crippen LogP contribution is 2.38. The van der Waals surface area contributed by atoms with Crippen molar-refractivity contribution in [2.24, 2.45) is 5.92 Å². The number of carbonyl (C=O) groups is 2. The second-order valence-electron chi connectivity index (χ2n) is 6.31. The fourth-order valence-electron chi connectivity index (χ4n) is 3.28. The molecule has 0 aliphatic carbocycles. The summed E-state index contributed by atoms with van der Waals surface area (Å²) in [4.78, 5) is 27.9. The van der Waals surface area contributed by atoms with Gasteiger partial charge in [0.25, 0.3) is 0 Å². The number of piperidine rings is 1. The van der Waals surface area contributed by atoms with E-state index in [9.17, 15) is 9.59 Å². The van der Waals surface area contributed by atoms with Crippen LogP contribution in [0.15, 0.2) is 29.2 Å². The van der Waals surface area contributed by atoms with Crippen LogP contribution in [0.2, 0.25) is 0 Å². The fourth-order valence-corrected chi connectivity index (χ4v) is 4.56. The fraction of sp³-hybridized carbons (Fsp3) is 0.556. The molecule has 2 amide bonds. The van der Waals surface area contributed by atoms with Crippen LogP contribution in [-0.2, 0) is 16.0 Å². The van der Waals surface area contributed by atoms with Crippen molar-refractivity contribution in [3.8, 4) is 0 Å².